The third kappa shape index (κ3) is 0.959. The lowest BCUT2D eigenvalue weighted by Gasteiger charge is -2.00. The molecule has 0 radical (unpaired) electrons. The Balaban J connectivity index is 2.93. The van der Waals surface area contributed by atoms with Gasteiger partial charge in [-0.3, -0.25) is 0 Å². The first kappa shape index (κ1) is 6.85. The zero-order chi connectivity index (χ0) is 7.84. The number of hydrogen-bond acceptors (Lipinski definition) is 1. The van der Waals surface area contributed by atoms with Crippen LogP contribution in [0.4, 0.5) is 0 Å². The summed E-state index contributed by atoms with van der Waals surface area (Å²) in [4.78, 5) is 0. The highest BCUT2D eigenvalue weighted by Gasteiger charge is 1.99. The van der Waals surface area contributed by atoms with E-state index in [2.05, 4.69) is 21.0 Å². The minimum Gasteiger partial charge on any atom is -0.237 e. The molecular formula is C8H7BrN2. The molecule has 2 aromatic heterocycles. The largest absolute Gasteiger partial charge is 0.237 e. The van der Waals surface area contributed by atoms with Crippen LogP contribution in [0.2, 0.25) is 0 Å². The normalized spacial score (nSPS) is 10.7. The van der Waals surface area contributed by atoms with Crippen LogP contribution in [0.15, 0.2) is 28.9 Å². The number of fused-ring (bicyclic) bond motifs is 1. The Morgan fingerprint density at radius 1 is 1.36 bits per heavy atom. The number of aromatic nitrogens is 2. The Kier molecular flexibility index (Phi) is 1.46. The topological polar surface area (TPSA) is 17.3 Å². The third-order valence-electron chi connectivity index (χ3n) is 1.74. The predicted octanol–water partition coefficient (Wildman–Crippen LogP) is 2.41. The summed E-state index contributed by atoms with van der Waals surface area (Å²) in [6.45, 7) is 2.03. The molecule has 0 saturated heterocycles. The summed E-state index contributed by atoms with van der Waals surface area (Å²) in [5.74, 6) is 0. The predicted molar refractivity (Wildman–Crippen MR) is 47.6 cm³/mol. The Bertz CT molecular complexity index is 392. The maximum atomic E-state index is 4.17. The molecule has 0 spiro atoms. The summed E-state index contributed by atoms with van der Waals surface area (Å²) in [5.41, 5.74) is 2.26. The van der Waals surface area contributed by atoms with Gasteiger partial charge in [-0.1, -0.05) is 0 Å². The van der Waals surface area contributed by atoms with Gasteiger partial charge in [-0.05, 0) is 41.1 Å². The van der Waals surface area contributed by atoms with Crippen molar-refractivity contribution < 1.29 is 0 Å². The maximum Gasteiger partial charge on any atom is 0.0665 e. The molecule has 2 rings (SSSR count). The summed E-state index contributed by atoms with van der Waals surface area (Å²) in [5, 5.41) is 4.17. The van der Waals surface area contributed by atoms with Gasteiger partial charge in [-0.2, -0.15) is 5.10 Å². The fraction of sp³-hybridized carbons (Fsp3) is 0.125. The van der Waals surface area contributed by atoms with Gasteiger partial charge < -0.3 is 0 Å². The fourth-order valence-electron chi connectivity index (χ4n) is 1.10. The molecule has 0 aliphatic carbocycles. The molecule has 2 nitrogen and oxygen atoms in total. The van der Waals surface area contributed by atoms with Crippen LogP contribution < -0.4 is 0 Å². The van der Waals surface area contributed by atoms with Gasteiger partial charge in [0.1, 0.15) is 0 Å². The molecule has 56 valence electrons. The lowest BCUT2D eigenvalue weighted by Crippen LogP contribution is -1.92. The van der Waals surface area contributed by atoms with E-state index >= 15 is 0 Å². The summed E-state index contributed by atoms with van der Waals surface area (Å²) >= 11 is 3.44. The van der Waals surface area contributed by atoms with Gasteiger partial charge in [0, 0.05) is 10.7 Å². The van der Waals surface area contributed by atoms with Crippen LogP contribution in [0.25, 0.3) is 5.52 Å². The van der Waals surface area contributed by atoms with Crippen molar-refractivity contribution in [2.75, 3.05) is 0 Å². The summed E-state index contributed by atoms with van der Waals surface area (Å²) in [7, 11) is 0. The lowest BCUT2D eigenvalue weighted by molar-refractivity contribution is 0.908. The first-order valence-corrected chi connectivity index (χ1v) is 4.17. The molecule has 0 fully saturated rings. The number of hydrogen-bond donors (Lipinski definition) is 0. The molecule has 0 saturated carbocycles. The van der Waals surface area contributed by atoms with Crippen molar-refractivity contribution in [2.45, 2.75) is 6.92 Å². The molecule has 0 unspecified atom stereocenters. The fourth-order valence-corrected chi connectivity index (χ4v) is 1.40. The number of pyridine rings is 1. The monoisotopic (exact) mass is 210 g/mol. The van der Waals surface area contributed by atoms with Crippen LogP contribution in [0.1, 0.15) is 5.69 Å². The van der Waals surface area contributed by atoms with Crippen molar-refractivity contribution in [3.63, 3.8) is 0 Å². The number of rotatable bonds is 0. The van der Waals surface area contributed by atoms with Crippen LogP contribution in [0, 0.1) is 6.92 Å². The van der Waals surface area contributed by atoms with E-state index in [1.165, 1.54) is 0 Å². The van der Waals surface area contributed by atoms with Crippen LogP contribution >= 0.6 is 15.9 Å². The molecule has 0 aromatic carbocycles. The molecule has 3 heteroatoms. The van der Waals surface area contributed by atoms with Crippen molar-refractivity contribution in [3.8, 4) is 0 Å². The second-order valence-electron chi connectivity index (χ2n) is 2.43. The van der Waals surface area contributed by atoms with Gasteiger partial charge in [0.15, 0.2) is 0 Å². The van der Waals surface area contributed by atoms with Gasteiger partial charge in [0.25, 0.3) is 0 Å². The molecule has 2 heterocycles. The van der Waals surface area contributed by atoms with Crippen molar-refractivity contribution >= 4 is 21.4 Å². The Morgan fingerprint density at radius 2 is 2.18 bits per heavy atom. The van der Waals surface area contributed by atoms with E-state index in [9.17, 15) is 0 Å². The molecule has 0 aliphatic heterocycles. The third-order valence-corrected chi connectivity index (χ3v) is 2.57. The maximum absolute atomic E-state index is 4.17. The second kappa shape index (κ2) is 2.34. The van der Waals surface area contributed by atoms with E-state index in [1.807, 2.05) is 29.6 Å². The zero-order valence-corrected chi connectivity index (χ0v) is 7.67. The SMILES string of the molecule is Cc1c(Br)ccc2ccnn12. The average Bonchev–Trinajstić information content (AvgIpc) is 2.45. The van der Waals surface area contributed by atoms with Gasteiger partial charge >= 0.3 is 0 Å². The number of aryl methyl sites for hydroxylation is 1. The van der Waals surface area contributed by atoms with Crippen molar-refractivity contribution in [1.29, 1.82) is 0 Å². The second-order valence-corrected chi connectivity index (χ2v) is 3.29. The van der Waals surface area contributed by atoms with Crippen LogP contribution in [0.3, 0.4) is 0 Å². The Hall–Kier alpha value is -0.830. The van der Waals surface area contributed by atoms with Crippen LogP contribution in [-0.2, 0) is 0 Å². The van der Waals surface area contributed by atoms with E-state index in [4.69, 9.17) is 0 Å². The van der Waals surface area contributed by atoms with E-state index in [0.717, 1.165) is 15.7 Å². The summed E-state index contributed by atoms with van der Waals surface area (Å²) < 4.78 is 3.00. The molecule has 2 aromatic rings. The highest BCUT2D eigenvalue weighted by atomic mass is 79.9. The van der Waals surface area contributed by atoms with Crippen LogP contribution in [0.5, 0.6) is 0 Å². The molecule has 0 aliphatic rings. The van der Waals surface area contributed by atoms with Gasteiger partial charge in [-0.15, -0.1) is 0 Å². The first-order chi connectivity index (χ1) is 5.29. The van der Waals surface area contributed by atoms with Crippen molar-refractivity contribution in [1.82, 2.24) is 9.61 Å². The highest BCUT2D eigenvalue weighted by molar-refractivity contribution is 9.10. The molecular weight excluding hydrogens is 204 g/mol. The standard InChI is InChI=1S/C8H7BrN2/c1-6-8(9)3-2-7-4-5-10-11(6)7/h2-5H,1H3. The molecule has 0 atom stereocenters. The van der Waals surface area contributed by atoms with Crippen molar-refractivity contribution in [3.05, 3.63) is 34.6 Å². The summed E-state index contributed by atoms with van der Waals surface area (Å²) in [6, 6.07) is 6.05. The quantitative estimate of drug-likeness (QED) is 0.653. The zero-order valence-electron chi connectivity index (χ0n) is 6.08. The first-order valence-electron chi connectivity index (χ1n) is 3.38. The minimum atomic E-state index is 1.09. The molecule has 11 heavy (non-hydrogen) atoms. The molecule has 0 N–H and O–H groups in total. The Labute approximate surface area is 73.0 Å². The van der Waals surface area contributed by atoms with Crippen LogP contribution in [-0.4, -0.2) is 9.61 Å². The number of halogens is 1. The minimum absolute atomic E-state index is 1.09. The van der Waals surface area contributed by atoms with E-state index in [-0.39, 0.29) is 0 Å². The molecule has 0 amide bonds. The van der Waals surface area contributed by atoms with Gasteiger partial charge in [-0.25, -0.2) is 4.52 Å². The smallest absolute Gasteiger partial charge is 0.0665 e. The van der Waals surface area contributed by atoms with E-state index in [0.29, 0.717) is 0 Å². The molecule has 0 bridgehead atoms. The van der Waals surface area contributed by atoms with E-state index in [1.54, 1.807) is 6.20 Å². The number of nitrogens with zero attached hydrogens (tertiary/aromatic N) is 2. The Morgan fingerprint density at radius 3 is 3.00 bits per heavy atom. The average molecular weight is 211 g/mol. The summed E-state index contributed by atoms with van der Waals surface area (Å²) in [6.07, 6.45) is 1.80. The lowest BCUT2D eigenvalue weighted by atomic mass is 10.3. The van der Waals surface area contributed by atoms with Gasteiger partial charge in [0.05, 0.1) is 11.2 Å². The van der Waals surface area contributed by atoms with Gasteiger partial charge in [0.2, 0.25) is 0 Å². The van der Waals surface area contributed by atoms with E-state index < -0.39 is 0 Å². The highest BCUT2D eigenvalue weighted by Crippen LogP contribution is 2.16. The van der Waals surface area contributed by atoms with Crippen molar-refractivity contribution in [2.24, 2.45) is 0 Å².